The maximum absolute atomic E-state index is 8.26. The summed E-state index contributed by atoms with van der Waals surface area (Å²) in [5.41, 5.74) is 0. The highest BCUT2D eigenvalue weighted by Crippen LogP contribution is 2.23. The van der Waals surface area contributed by atoms with Crippen molar-refractivity contribution in [2.75, 3.05) is 0 Å². The lowest BCUT2D eigenvalue weighted by Gasteiger charge is -2.15. The normalized spacial score (nSPS) is 25.3. The summed E-state index contributed by atoms with van der Waals surface area (Å²) < 4.78 is 0. The van der Waals surface area contributed by atoms with Crippen LogP contribution in [0.15, 0.2) is 24.5 Å². The Kier molecular flexibility index (Phi) is 2.51. The van der Waals surface area contributed by atoms with E-state index in [2.05, 4.69) is 11.5 Å². The molecule has 0 amide bonds. The average Bonchev–Trinajstić information content (AvgIpc) is 2.05. The first kappa shape index (κ1) is 7.35. The summed E-state index contributed by atoms with van der Waals surface area (Å²) in [5, 5.41) is 8.26. The number of rotatable bonds is 2. The molecule has 2 nitrogen and oxygen atoms in total. The van der Waals surface area contributed by atoms with Crippen LogP contribution in [0.4, 0.5) is 0 Å². The fourth-order valence-electron chi connectivity index (χ4n) is 1.13. The molecule has 1 atom stereocenters. The van der Waals surface area contributed by atoms with E-state index in [-0.39, 0.29) is 0 Å². The number of hydrogen-bond donors (Lipinski definition) is 1. The quantitative estimate of drug-likeness (QED) is 0.362. The Labute approximate surface area is 60.7 Å². The molecule has 0 spiro atoms. The van der Waals surface area contributed by atoms with Crippen molar-refractivity contribution in [2.45, 2.75) is 19.3 Å². The topological polar surface area (TPSA) is 29.5 Å². The molecule has 0 radical (unpaired) electrons. The highest BCUT2D eigenvalue weighted by atomic mass is 17.1. The van der Waals surface area contributed by atoms with E-state index in [1.165, 1.54) is 0 Å². The summed E-state index contributed by atoms with van der Waals surface area (Å²) in [6.07, 6.45) is 6.67. The molecule has 1 N–H and O–H groups in total. The second-order valence-electron chi connectivity index (χ2n) is 2.53. The van der Waals surface area contributed by atoms with Gasteiger partial charge < -0.3 is 4.89 Å². The molecule has 0 fully saturated rings. The second-order valence-corrected chi connectivity index (χ2v) is 2.53. The summed E-state index contributed by atoms with van der Waals surface area (Å²) in [4.78, 5) is 4.11. The zero-order valence-corrected chi connectivity index (χ0v) is 5.92. The van der Waals surface area contributed by atoms with Gasteiger partial charge in [0.2, 0.25) is 0 Å². The first-order valence-electron chi connectivity index (χ1n) is 3.50. The van der Waals surface area contributed by atoms with E-state index in [0.717, 1.165) is 19.3 Å². The van der Waals surface area contributed by atoms with Crippen molar-refractivity contribution < 1.29 is 10.1 Å². The molecule has 1 rings (SSSR count). The van der Waals surface area contributed by atoms with Crippen LogP contribution in [0.2, 0.25) is 0 Å². The van der Waals surface area contributed by atoms with E-state index < -0.39 is 0 Å². The standard InChI is InChI=1S/C8H12O2/c1-2-7-3-5-8(10-9)6-4-7/h2,5,7,9H,1,3-4,6H2. The van der Waals surface area contributed by atoms with E-state index in [9.17, 15) is 0 Å². The number of allylic oxidation sites excluding steroid dienone is 3. The summed E-state index contributed by atoms with van der Waals surface area (Å²) in [6, 6.07) is 0. The fourth-order valence-corrected chi connectivity index (χ4v) is 1.13. The van der Waals surface area contributed by atoms with Crippen molar-refractivity contribution in [2.24, 2.45) is 5.92 Å². The van der Waals surface area contributed by atoms with Crippen LogP contribution in [0.5, 0.6) is 0 Å². The minimum atomic E-state index is 0.568. The molecule has 10 heavy (non-hydrogen) atoms. The minimum Gasteiger partial charge on any atom is -0.345 e. The lowest BCUT2D eigenvalue weighted by molar-refractivity contribution is -0.207. The van der Waals surface area contributed by atoms with Gasteiger partial charge in [0.05, 0.1) is 0 Å². The molecule has 0 aromatic carbocycles. The first-order valence-corrected chi connectivity index (χ1v) is 3.50. The van der Waals surface area contributed by atoms with E-state index in [1.54, 1.807) is 0 Å². The highest BCUT2D eigenvalue weighted by Gasteiger charge is 2.11. The lowest BCUT2D eigenvalue weighted by atomic mass is 9.94. The van der Waals surface area contributed by atoms with Gasteiger partial charge in [-0.25, -0.2) is 5.26 Å². The molecule has 0 aromatic rings. The second kappa shape index (κ2) is 3.42. The average molecular weight is 140 g/mol. The van der Waals surface area contributed by atoms with Crippen molar-refractivity contribution in [3.05, 3.63) is 24.5 Å². The monoisotopic (exact) mass is 140 g/mol. The Bertz CT molecular complexity index is 149. The molecule has 0 bridgehead atoms. The predicted molar refractivity (Wildman–Crippen MR) is 39.3 cm³/mol. The van der Waals surface area contributed by atoms with Gasteiger partial charge in [0.1, 0.15) is 5.76 Å². The molecule has 0 heterocycles. The molecular weight excluding hydrogens is 128 g/mol. The van der Waals surface area contributed by atoms with E-state index in [4.69, 9.17) is 5.26 Å². The van der Waals surface area contributed by atoms with Crippen molar-refractivity contribution in [3.8, 4) is 0 Å². The Balaban J connectivity index is 2.43. The number of hydrogen-bond acceptors (Lipinski definition) is 2. The van der Waals surface area contributed by atoms with E-state index >= 15 is 0 Å². The minimum absolute atomic E-state index is 0.568. The van der Waals surface area contributed by atoms with Crippen LogP contribution < -0.4 is 0 Å². The Morgan fingerprint density at radius 1 is 1.80 bits per heavy atom. The third-order valence-corrected chi connectivity index (χ3v) is 1.86. The van der Waals surface area contributed by atoms with Crippen molar-refractivity contribution in [1.82, 2.24) is 0 Å². The van der Waals surface area contributed by atoms with Gasteiger partial charge >= 0.3 is 0 Å². The highest BCUT2D eigenvalue weighted by molar-refractivity contribution is 5.01. The maximum Gasteiger partial charge on any atom is 0.138 e. The summed E-state index contributed by atoms with van der Waals surface area (Å²) in [7, 11) is 0. The van der Waals surface area contributed by atoms with Crippen LogP contribution in [-0.2, 0) is 4.89 Å². The van der Waals surface area contributed by atoms with Crippen LogP contribution in [-0.4, -0.2) is 5.26 Å². The van der Waals surface area contributed by atoms with Crippen LogP contribution in [0.1, 0.15) is 19.3 Å². The SMILES string of the molecule is C=CC1CC=C(OO)CC1. The molecule has 1 unspecified atom stereocenters. The van der Waals surface area contributed by atoms with Crippen molar-refractivity contribution >= 4 is 0 Å². The largest absolute Gasteiger partial charge is 0.345 e. The third-order valence-electron chi connectivity index (χ3n) is 1.86. The van der Waals surface area contributed by atoms with Crippen molar-refractivity contribution in [3.63, 3.8) is 0 Å². The zero-order valence-electron chi connectivity index (χ0n) is 5.92. The molecule has 1 aliphatic carbocycles. The van der Waals surface area contributed by atoms with Gasteiger partial charge in [0, 0.05) is 6.42 Å². The van der Waals surface area contributed by atoms with Gasteiger partial charge in [0.25, 0.3) is 0 Å². The molecule has 0 aliphatic heterocycles. The Hall–Kier alpha value is -0.760. The molecule has 56 valence electrons. The Morgan fingerprint density at radius 3 is 3.00 bits per heavy atom. The van der Waals surface area contributed by atoms with E-state index in [1.807, 2.05) is 12.2 Å². The first-order chi connectivity index (χ1) is 4.86. The third kappa shape index (κ3) is 1.61. The molecule has 1 aliphatic rings. The Morgan fingerprint density at radius 2 is 2.60 bits per heavy atom. The van der Waals surface area contributed by atoms with Crippen LogP contribution in [0.3, 0.4) is 0 Å². The zero-order chi connectivity index (χ0) is 7.40. The molecule has 0 saturated carbocycles. The molecule has 0 aromatic heterocycles. The van der Waals surface area contributed by atoms with E-state index in [0.29, 0.717) is 11.7 Å². The predicted octanol–water partition coefficient (Wildman–Crippen LogP) is 2.35. The van der Waals surface area contributed by atoms with Gasteiger partial charge in [-0.15, -0.1) is 6.58 Å². The van der Waals surface area contributed by atoms with Crippen LogP contribution >= 0.6 is 0 Å². The van der Waals surface area contributed by atoms with Crippen LogP contribution in [0, 0.1) is 5.92 Å². The molecule has 0 saturated heterocycles. The summed E-state index contributed by atoms with van der Waals surface area (Å²) in [5.74, 6) is 1.26. The van der Waals surface area contributed by atoms with Gasteiger partial charge in [0.15, 0.2) is 0 Å². The summed E-state index contributed by atoms with van der Waals surface area (Å²) >= 11 is 0. The van der Waals surface area contributed by atoms with Crippen molar-refractivity contribution in [1.29, 1.82) is 0 Å². The smallest absolute Gasteiger partial charge is 0.138 e. The van der Waals surface area contributed by atoms with Gasteiger partial charge in [-0.3, -0.25) is 0 Å². The summed E-state index contributed by atoms with van der Waals surface area (Å²) in [6.45, 7) is 3.70. The fraction of sp³-hybridized carbons (Fsp3) is 0.500. The van der Waals surface area contributed by atoms with Gasteiger partial charge in [-0.2, -0.15) is 0 Å². The lowest BCUT2D eigenvalue weighted by Crippen LogP contribution is -2.03. The maximum atomic E-state index is 8.26. The van der Waals surface area contributed by atoms with Gasteiger partial charge in [-0.05, 0) is 24.8 Å². The van der Waals surface area contributed by atoms with Gasteiger partial charge in [-0.1, -0.05) is 6.08 Å². The van der Waals surface area contributed by atoms with Crippen LogP contribution in [0.25, 0.3) is 0 Å². The molecule has 2 heteroatoms. The molecular formula is C8H12O2.